The van der Waals surface area contributed by atoms with Crippen molar-refractivity contribution < 1.29 is 0 Å². The molecule has 1 fully saturated rings. The molecular formula is C5H10N. The van der Waals surface area contributed by atoms with Crippen LogP contribution in [0.1, 0.15) is 6.42 Å². The van der Waals surface area contributed by atoms with Gasteiger partial charge in [0, 0.05) is 0 Å². The molecule has 1 nitrogen and oxygen atoms in total. The lowest BCUT2D eigenvalue weighted by Crippen LogP contribution is -2.36. The molecule has 0 aromatic heterocycles. The molecule has 1 heterocycles. The van der Waals surface area contributed by atoms with Gasteiger partial charge >= 0.3 is 0 Å². The van der Waals surface area contributed by atoms with Crippen LogP contribution in [0.4, 0.5) is 0 Å². The lowest BCUT2D eigenvalue weighted by atomic mass is 10.2. The van der Waals surface area contributed by atoms with Gasteiger partial charge in [-0.2, -0.15) is 0 Å². The molecule has 0 N–H and O–H groups in total. The Morgan fingerprint density at radius 2 is 2.17 bits per heavy atom. The molecule has 0 aromatic carbocycles. The van der Waals surface area contributed by atoms with Gasteiger partial charge in [-0.25, -0.2) is 0 Å². The van der Waals surface area contributed by atoms with Crippen molar-refractivity contribution in [3.05, 3.63) is 6.92 Å². The fourth-order valence-electron chi connectivity index (χ4n) is 0.605. The van der Waals surface area contributed by atoms with Gasteiger partial charge in [-0.05, 0) is 33.0 Å². The van der Waals surface area contributed by atoms with E-state index in [1.165, 1.54) is 19.5 Å². The normalized spacial score (nSPS) is 23.5. The summed E-state index contributed by atoms with van der Waals surface area (Å²) in [6.07, 6.45) is 1.38. The smallest absolute Gasteiger partial charge is 0.000654 e. The van der Waals surface area contributed by atoms with E-state index < -0.39 is 0 Å². The number of nitrogens with zero attached hydrogens (tertiary/aromatic N) is 1. The van der Waals surface area contributed by atoms with Gasteiger partial charge in [-0.3, -0.25) is 0 Å². The summed E-state index contributed by atoms with van der Waals surface area (Å²) in [5, 5.41) is 0. The molecule has 1 rings (SSSR count). The molecule has 0 amide bonds. The van der Waals surface area contributed by atoms with Crippen molar-refractivity contribution in [1.82, 2.24) is 4.90 Å². The Kier molecular flexibility index (Phi) is 1.10. The minimum absolute atomic E-state index is 1.00. The van der Waals surface area contributed by atoms with Crippen molar-refractivity contribution >= 4 is 0 Å². The molecule has 0 aromatic rings. The molecule has 0 bridgehead atoms. The summed E-state index contributed by atoms with van der Waals surface area (Å²) in [6, 6.07) is 0. The highest BCUT2D eigenvalue weighted by atomic mass is 15.2. The van der Waals surface area contributed by atoms with E-state index in [2.05, 4.69) is 11.8 Å². The van der Waals surface area contributed by atoms with Crippen LogP contribution in [-0.4, -0.2) is 24.5 Å². The van der Waals surface area contributed by atoms with Crippen LogP contribution in [0, 0.1) is 6.92 Å². The first-order valence-corrected chi connectivity index (χ1v) is 2.45. The highest BCUT2D eigenvalue weighted by molar-refractivity contribution is 4.67. The van der Waals surface area contributed by atoms with E-state index in [1.807, 2.05) is 0 Å². The summed E-state index contributed by atoms with van der Waals surface area (Å²) in [5.41, 5.74) is 0. The van der Waals surface area contributed by atoms with Crippen molar-refractivity contribution in [2.24, 2.45) is 0 Å². The van der Waals surface area contributed by atoms with Crippen LogP contribution in [0.25, 0.3) is 0 Å². The second-order valence-electron chi connectivity index (χ2n) is 1.70. The van der Waals surface area contributed by atoms with E-state index in [4.69, 9.17) is 0 Å². The Labute approximate surface area is 39.0 Å². The van der Waals surface area contributed by atoms with E-state index in [-0.39, 0.29) is 0 Å². The van der Waals surface area contributed by atoms with Gasteiger partial charge in [-0.15, -0.1) is 0 Å². The summed E-state index contributed by atoms with van der Waals surface area (Å²) in [5.74, 6) is 0. The number of rotatable bonds is 1. The van der Waals surface area contributed by atoms with Gasteiger partial charge < -0.3 is 4.90 Å². The minimum atomic E-state index is 1.00. The summed E-state index contributed by atoms with van der Waals surface area (Å²) >= 11 is 0. The van der Waals surface area contributed by atoms with E-state index in [1.54, 1.807) is 0 Å². The molecule has 1 saturated heterocycles. The molecule has 35 valence electrons. The van der Waals surface area contributed by atoms with Gasteiger partial charge in [0.2, 0.25) is 0 Å². The Bertz CT molecular complexity index is 36.4. The summed E-state index contributed by atoms with van der Waals surface area (Å²) in [4.78, 5) is 2.32. The largest absolute Gasteiger partial charge is 0.303 e. The molecule has 0 saturated carbocycles. The van der Waals surface area contributed by atoms with Crippen LogP contribution in [0.15, 0.2) is 0 Å². The zero-order valence-corrected chi connectivity index (χ0v) is 3.98. The second-order valence-corrected chi connectivity index (χ2v) is 1.70. The summed E-state index contributed by atoms with van der Waals surface area (Å²) in [6.45, 7) is 7.30. The van der Waals surface area contributed by atoms with Gasteiger partial charge in [-0.1, -0.05) is 0 Å². The maximum Gasteiger partial charge on any atom is -0.000654 e. The Morgan fingerprint density at radius 3 is 2.17 bits per heavy atom. The first-order valence-electron chi connectivity index (χ1n) is 2.45. The summed E-state index contributed by atoms with van der Waals surface area (Å²) < 4.78 is 0. The minimum Gasteiger partial charge on any atom is -0.303 e. The van der Waals surface area contributed by atoms with Crippen LogP contribution in [0.5, 0.6) is 0 Å². The van der Waals surface area contributed by atoms with Gasteiger partial charge in [0.1, 0.15) is 0 Å². The van der Waals surface area contributed by atoms with Crippen LogP contribution in [0.3, 0.4) is 0 Å². The molecule has 6 heavy (non-hydrogen) atoms. The predicted octanol–water partition coefficient (Wildman–Crippen LogP) is 0.526. The second kappa shape index (κ2) is 1.61. The predicted molar refractivity (Wildman–Crippen MR) is 26.4 cm³/mol. The SMILES string of the molecule is [CH2]CN1CCC1. The third-order valence-electron chi connectivity index (χ3n) is 1.26. The number of likely N-dealkylation sites (tertiary alicyclic amines) is 1. The van der Waals surface area contributed by atoms with Crippen LogP contribution in [-0.2, 0) is 0 Å². The molecule has 1 heteroatoms. The van der Waals surface area contributed by atoms with Gasteiger partial charge in [0.05, 0.1) is 0 Å². The van der Waals surface area contributed by atoms with Crippen LogP contribution in [0.2, 0.25) is 0 Å². The standard InChI is InChI=1S/C5H10N/c1-2-6-4-3-5-6/h1-5H2. The maximum absolute atomic E-state index is 3.73. The quantitative estimate of drug-likeness (QED) is 0.448. The van der Waals surface area contributed by atoms with E-state index in [9.17, 15) is 0 Å². The molecule has 1 radical (unpaired) electrons. The average molecular weight is 84.1 g/mol. The van der Waals surface area contributed by atoms with Crippen molar-refractivity contribution in [2.45, 2.75) is 6.42 Å². The monoisotopic (exact) mass is 84.1 g/mol. The van der Waals surface area contributed by atoms with Crippen molar-refractivity contribution in [2.75, 3.05) is 19.6 Å². The zero-order valence-electron chi connectivity index (χ0n) is 3.98. The topological polar surface area (TPSA) is 3.24 Å². The Morgan fingerprint density at radius 1 is 1.50 bits per heavy atom. The number of hydrogen-bond donors (Lipinski definition) is 0. The molecule has 0 unspecified atom stereocenters. The lowest BCUT2D eigenvalue weighted by molar-refractivity contribution is 0.202. The van der Waals surface area contributed by atoms with E-state index in [0.29, 0.717) is 0 Å². The molecule has 0 aliphatic carbocycles. The van der Waals surface area contributed by atoms with E-state index >= 15 is 0 Å². The first-order chi connectivity index (χ1) is 2.93. The highest BCUT2D eigenvalue weighted by Crippen LogP contribution is 2.02. The summed E-state index contributed by atoms with van der Waals surface area (Å²) in [7, 11) is 0. The average Bonchev–Trinajstić information content (AvgIpc) is 1.31. The van der Waals surface area contributed by atoms with Crippen molar-refractivity contribution in [1.29, 1.82) is 0 Å². The van der Waals surface area contributed by atoms with Gasteiger partial charge in [0.25, 0.3) is 0 Å². The van der Waals surface area contributed by atoms with Crippen molar-refractivity contribution in [3.8, 4) is 0 Å². The molecule has 1 aliphatic rings. The fraction of sp³-hybridized carbons (Fsp3) is 0.800. The molecule has 0 atom stereocenters. The van der Waals surface area contributed by atoms with Crippen LogP contribution < -0.4 is 0 Å². The molecule has 1 aliphatic heterocycles. The van der Waals surface area contributed by atoms with Crippen LogP contribution >= 0.6 is 0 Å². The Hall–Kier alpha value is -0.0400. The van der Waals surface area contributed by atoms with Crippen molar-refractivity contribution in [3.63, 3.8) is 0 Å². The Balaban J connectivity index is 2.01. The zero-order chi connectivity index (χ0) is 4.41. The maximum atomic E-state index is 3.73. The van der Waals surface area contributed by atoms with E-state index in [0.717, 1.165) is 6.54 Å². The third kappa shape index (κ3) is 0.548. The van der Waals surface area contributed by atoms with Gasteiger partial charge in [0.15, 0.2) is 0 Å². The highest BCUT2D eigenvalue weighted by Gasteiger charge is 2.08. The number of hydrogen-bond acceptors (Lipinski definition) is 1. The molecule has 0 spiro atoms. The lowest BCUT2D eigenvalue weighted by Gasteiger charge is -2.28. The fourth-order valence-corrected chi connectivity index (χ4v) is 0.605. The molecular weight excluding hydrogens is 74.1 g/mol. The third-order valence-corrected chi connectivity index (χ3v) is 1.26. The first kappa shape index (κ1) is 4.13.